The highest BCUT2D eigenvalue weighted by Gasteiger charge is 2.17. The zero-order valence-corrected chi connectivity index (χ0v) is 15.8. The fourth-order valence-corrected chi connectivity index (χ4v) is 2.34. The lowest BCUT2D eigenvalue weighted by Crippen LogP contribution is -2.07. The molecule has 7 heteroatoms. The second-order valence-electron chi connectivity index (χ2n) is 4.31. The average Bonchev–Trinajstić information content (AvgIpc) is 2.55. The van der Waals surface area contributed by atoms with Crippen molar-refractivity contribution in [3.63, 3.8) is 0 Å². The van der Waals surface area contributed by atoms with Crippen molar-refractivity contribution in [2.45, 2.75) is 0 Å². The minimum atomic E-state index is 0.293. The molecule has 118 valence electrons. The zero-order chi connectivity index (χ0) is 16.8. The molecule has 0 saturated heterocycles. The molecule has 0 aliphatic heterocycles. The van der Waals surface area contributed by atoms with E-state index in [1.807, 2.05) is 6.26 Å². The minimum absolute atomic E-state index is 0.293. The van der Waals surface area contributed by atoms with Crippen LogP contribution in [0.5, 0.6) is 0 Å². The first-order valence-electron chi connectivity index (χ1n) is 6.41. The van der Waals surface area contributed by atoms with Gasteiger partial charge in [0.15, 0.2) is 0 Å². The van der Waals surface area contributed by atoms with E-state index >= 15 is 0 Å². The minimum Gasteiger partial charge on any atom is -0.179 e. The molecule has 0 N–H and O–H groups in total. The van der Waals surface area contributed by atoms with E-state index in [2.05, 4.69) is 9.66 Å². The van der Waals surface area contributed by atoms with Crippen molar-refractivity contribution in [2.75, 3.05) is 6.26 Å². The number of halogens is 4. The first kappa shape index (κ1) is 18.4. The number of hydrogen-bond donors (Lipinski definition) is 0. The average molecular weight is 405 g/mol. The molecule has 0 aliphatic carbocycles. The molecular formula is C16H11Cl4N2S+. The summed E-state index contributed by atoms with van der Waals surface area (Å²) in [6.45, 7) is 0. The van der Waals surface area contributed by atoms with Crippen LogP contribution in [0.2, 0.25) is 10.0 Å². The van der Waals surface area contributed by atoms with Crippen molar-refractivity contribution in [1.29, 1.82) is 0 Å². The summed E-state index contributed by atoms with van der Waals surface area (Å²) in [5, 5.41) is 1.55. The fraction of sp³-hybridized carbons (Fsp3) is 0.0625. The lowest BCUT2D eigenvalue weighted by atomic mass is 10.2. The Balaban J connectivity index is 2.50. The molecule has 2 rings (SSSR count). The van der Waals surface area contributed by atoms with Crippen molar-refractivity contribution < 1.29 is 0 Å². The number of amidine groups is 1. The van der Waals surface area contributed by atoms with Crippen molar-refractivity contribution >= 4 is 73.7 Å². The first-order chi connectivity index (χ1) is 11.0. The molecule has 0 bridgehead atoms. The number of thioether (sulfide) groups is 1. The van der Waals surface area contributed by atoms with Gasteiger partial charge in [-0.1, -0.05) is 35.0 Å². The van der Waals surface area contributed by atoms with Gasteiger partial charge in [-0.2, -0.15) is 4.67 Å². The Morgan fingerprint density at radius 2 is 1.35 bits per heavy atom. The van der Waals surface area contributed by atoms with Crippen LogP contribution in [0.25, 0.3) is 0 Å². The topological polar surface area (TPSA) is 26.5 Å². The second-order valence-corrected chi connectivity index (χ2v) is 6.92. The lowest BCUT2D eigenvalue weighted by Gasteiger charge is -1.95. The number of hydrogen-bond acceptors (Lipinski definition) is 1. The van der Waals surface area contributed by atoms with E-state index in [-0.39, 0.29) is 0 Å². The van der Waals surface area contributed by atoms with E-state index in [1.165, 1.54) is 11.8 Å². The Morgan fingerprint density at radius 3 is 1.83 bits per heavy atom. The molecule has 0 fully saturated rings. The Hall–Kier alpha value is -0.930. The molecule has 0 radical (unpaired) electrons. The third-order valence-corrected chi connectivity index (χ3v) is 4.53. The molecular weight excluding hydrogens is 394 g/mol. The maximum atomic E-state index is 6.30. The summed E-state index contributed by atoms with van der Waals surface area (Å²) in [5.41, 5.74) is 1.49. The standard InChI is InChI=1S/C16H11Cl4N2S/c1-23-16(20)22-15(11-4-8-13(18)9-5-11)21-14(19)10-2-6-12(17)7-3-10/h2-9H,1H3/q+1. The number of rotatable bonds is 2. The molecule has 2 aromatic carbocycles. The first-order valence-corrected chi connectivity index (χ1v) is 9.14. The molecule has 0 heterocycles. The van der Waals surface area contributed by atoms with Crippen molar-refractivity contribution in [3.05, 3.63) is 69.7 Å². The van der Waals surface area contributed by atoms with Gasteiger partial charge < -0.3 is 0 Å². The normalized spacial score (nSPS) is 11.1. The van der Waals surface area contributed by atoms with Crippen LogP contribution in [-0.2, 0) is 0 Å². The monoisotopic (exact) mass is 403 g/mol. The summed E-state index contributed by atoms with van der Waals surface area (Å²) in [4.78, 5) is 4.39. The maximum absolute atomic E-state index is 6.30. The predicted octanol–water partition coefficient (Wildman–Crippen LogP) is 5.45. The highest BCUT2D eigenvalue weighted by Crippen LogP contribution is 2.14. The van der Waals surface area contributed by atoms with E-state index in [0.717, 1.165) is 11.1 Å². The van der Waals surface area contributed by atoms with Crippen LogP contribution in [0.3, 0.4) is 0 Å². The van der Waals surface area contributed by atoms with Gasteiger partial charge >= 0.3 is 10.3 Å². The summed E-state index contributed by atoms with van der Waals surface area (Å²) < 4.78 is 4.66. The fourth-order valence-electron chi connectivity index (χ4n) is 1.63. The Morgan fingerprint density at radius 1 is 0.870 bits per heavy atom. The van der Waals surface area contributed by atoms with Crippen LogP contribution in [0, 0.1) is 0 Å². The van der Waals surface area contributed by atoms with Crippen LogP contribution in [0.4, 0.5) is 0 Å². The summed E-state index contributed by atoms with van der Waals surface area (Å²) in [6.07, 6.45) is 1.83. The molecule has 0 spiro atoms. The highest BCUT2D eigenvalue weighted by atomic mass is 35.5. The summed E-state index contributed by atoms with van der Waals surface area (Å²) in [5.74, 6) is 0.404. The van der Waals surface area contributed by atoms with Gasteiger partial charge in [0.1, 0.15) is 0 Å². The van der Waals surface area contributed by atoms with Crippen molar-refractivity contribution in [3.8, 4) is 0 Å². The Kier molecular flexibility index (Phi) is 7.04. The van der Waals surface area contributed by atoms with Crippen LogP contribution < -0.4 is 4.67 Å². The number of aliphatic imine (C=N–C) groups is 1. The molecule has 0 aromatic heterocycles. The van der Waals surface area contributed by atoms with Crippen LogP contribution in [0.1, 0.15) is 11.1 Å². The van der Waals surface area contributed by atoms with Gasteiger partial charge in [0.05, 0.1) is 5.56 Å². The molecule has 2 nitrogen and oxygen atoms in total. The van der Waals surface area contributed by atoms with E-state index in [1.54, 1.807) is 48.5 Å². The highest BCUT2D eigenvalue weighted by molar-refractivity contribution is 8.16. The van der Waals surface area contributed by atoms with Crippen LogP contribution >= 0.6 is 58.2 Å². The third kappa shape index (κ3) is 5.58. The molecule has 0 saturated carbocycles. The Labute approximate surface area is 158 Å². The smallest absolute Gasteiger partial charge is 0.179 e. The van der Waals surface area contributed by atoms with E-state index < -0.39 is 0 Å². The number of benzene rings is 2. The second kappa shape index (κ2) is 8.79. The van der Waals surface area contributed by atoms with Crippen molar-refractivity contribution in [2.24, 2.45) is 4.99 Å². The quantitative estimate of drug-likeness (QED) is 0.371. The van der Waals surface area contributed by atoms with Gasteiger partial charge in [0.2, 0.25) is 0 Å². The summed E-state index contributed by atoms with van der Waals surface area (Å²) in [6, 6.07) is 14.2. The van der Waals surface area contributed by atoms with Gasteiger partial charge in [-0.25, -0.2) is 0 Å². The Bertz CT molecular complexity index is 777. The zero-order valence-electron chi connectivity index (χ0n) is 11.9. The molecule has 0 amide bonds. The molecule has 2 aromatic rings. The van der Waals surface area contributed by atoms with Gasteiger partial charge in [-0.3, -0.25) is 0 Å². The molecule has 0 aliphatic rings. The SMILES string of the molecule is CSC(Cl)=[N+]=C(N=C(Cl)c1ccc(Cl)cc1)c1ccc(Cl)cc1. The lowest BCUT2D eigenvalue weighted by molar-refractivity contribution is 1.50. The summed E-state index contributed by atoms with van der Waals surface area (Å²) in [7, 11) is 0. The van der Waals surface area contributed by atoms with Gasteiger partial charge in [-0.15, -0.1) is 0 Å². The van der Waals surface area contributed by atoms with E-state index in [9.17, 15) is 0 Å². The van der Waals surface area contributed by atoms with Crippen LogP contribution in [-0.4, -0.2) is 21.8 Å². The predicted molar refractivity (Wildman–Crippen MR) is 106 cm³/mol. The van der Waals surface area contributed by atoms with Gasteiger partial charge in [0, 0.05) is 15.6 Å². The van der Waals surface area contributed by atoms with Crippen molar-refractivity contribution in [1.82, 2.24) is 4.67 Å². The van der Waals surface area contributed by atoms with E-state index in [0.29, 0.717) is 25.6 Å². The largest absolute Gasteiger partial charge is 0.426 e. The summed E-state index contributed by atoms with van der Waals surface area (Å²) >= 11 is 25.4. The molecule has 0 atom stereocenters. The molecule has 0 unspecified atom stereocenters. The third-order valence-electron chi connectivity index (χ3n) is 2.75. The molecule has 23 heavy (non-hydrogen) atoms. The van der Waals surface area contributed by atoms with E-state index in [4.69, 9.17) is 46.4 Å². The number of nitrogens with zero attached hydrogens (tertiary/aromatic N) is 2. The van der Waals surface area contributed by atoms with Crippen LogP contribution in [0.15, 0.2) is 53.5 Å². The maximum Gasteiger partial charge on any atom is 0.426 e. The van der Waals surface area contributed by atoms with Gasteiger partial charge in [-0.05, 0) is 83.0 Å². The van der Waals surface area contributed by atoms with Gasteiger partial charge in [0.25, 0.3) is 5.17 Å².